The molecular formula is C11H12O2. The highest BCUT2D eigenvalue weighted by Gasteiger charge is 2.42. The molecule has 0 N–H and O–H groups in total. The lowest BCUT2D eigenvalue weighted by Crippen LogP contribution is -2.06. The minimum Gasteiger partial charge on any atom is -0.361 e. The summed E-state index contributed by atoms with van der Waals surface area (Å²) in [6.07, 6.45) is 0.838. The molecule has 2 rings (SSSR count). The highest BCUT2D eigenvalue weighted by Crippen LogP contribution is 2.26. The summed E-state index contributed by atoms with van der Waals surface area (Å²) >= 11 is 0. The van der Waals surface area contributed by atoms with Crippen molar-refractivity contribution in [3.8, 4) is 0 Å². The molecule has 68 valence electrons. The summed E-state index contributed by atoms with van der Waals surface area (Å²) in [7, 11) is 0. The smallest absolute Gasteiger partial charge is 0.161 e. The fourth-order valence-electron chi connectivity index (χ4n) is 1.50. The van der Waals surface area contributed by atoms with Gasteiger partial charge in [0.15, 0.2) is 5.78 Å². The van der Waals surface area contributed by atoms with Gasteiger partial charge >= 0.3 is 0 Å². The Labute approximate surface area is 77.5 Å². The molecule has 1 aliphatic heterocycles. The molecule has 2 heteroatoms. The number of carbonyl (C=O) groups excluding carboxylic acids is 1. The van der Waals surface area contributed by atoms with E-state index in [4.69, 9.17) is 4.74 Å². The van der Waals surface area contributed by atoms with Crippen molar-refractivity contribution in [1.82, 2.24) is 0 Å². The zero-order valence-electron chi connectivity index (χ0n) is 7.57. The first-order valence-electron chi connectivity index (χ1n) is 4.47. The lowest BCUT2D eigenvalue weighted by Gasteiger charge is -1.94. The molecule has 1 fully saturated rings. The molecule has 1 aliphatic rings. The minimum absolute atomic E-state index is 0.125. The first-order valence-corrected chi connectivity index (χ1v) is 4.47. The number of carbonyl (C=O) groups is 1. The lowest BCUT2D eigenvalue weighted by atomic mass is 10.1. The van der Waals surface area contributed by atoms with Gasteiger partial charge in [-0.05, 0) is 12.5 Å². The quantitative estimate of drug-likeness (QED) is 0.654. The van der Waals surface area contributed by atoms with Crippen LogP contribution < -0.4 is 0 Å². The van der Waals surface area contributed by atoms with Crippen molar-refractivity contribution in [3.05, 3.63) is 35.9 Å². The van der Waals surface area contributed by atoms with E-state index in [9.17, 15) is 4.79 Å². The van der Waals surface area contributed by atoms with E-state index in [0.717, 1.165) is 6.42 Å². The third-order valence-corrected chi connectivity index (χ3v) is 2.26. The molecular weight excluding hydrogens is 164 g/mol. The van der Waals surface area contributed by atoms with Crippen LogP contribution in [-0.4, -0.2) is 18.0 Å². The summed E-state index contributed by atoms with van der Waals surface area (Å²) in [6.45, 7) is 1.58. The predicted octanol–water partition coefficient (Wildman–Crippen LogP) is 1.59. The summed E-state index contributed by atoms with van der Waals surface area (Å²) in [4.78, 5) is 10.9. The van der Waals surface area contributed by atoms with Gasteiger partial charge in [-0.15, -0.1) is 0 Å². The molecule has 0 amide bonds. The van der Waals surface area contributed by atoms with Gasteiger partial charge in [-0.25, -0.2) is 0 Å². The average Bonchev–Trinajstić information content (AvgIpc) is 2.86. The first kappa shape index (κ1) is 8.45. The predicted molar refractivity (Wildman–Crippen MR) is 49.5 cm³/mol. The van der Waals surface area contributed by atoms with Crippen molar-refractivity contribution in [1.29, 1.82) is 0 Å². The summed E-state index contributed by atoms with van der Waals surface area (Å²) in [6, 6.07) is 10.1. The van der Waals surface area contributed by atoms with Crippen molar-refractivity contribution in [2.24, 2.45) is 0 Å². The number of ether oxygens (including phenoxy) is 1. The molecule has 2 atom stereocenters. The SMILES string of the molecule is CC(=O)C1OC1Cc1ccccc1. The summed E-state index contributed by atoms with van der Waals surface area (Å²) in [5, 5.41) is 0. The maximum atomic E-state index is 10.9. The summed E-state index contributed by atoms with van der Waals surface area (Å²) < 4.78 is 5.23. The lowest BCUT2D eigenvalue weighted by molar-refractivity contribution is -0.118. The Hall–Kier alpha value is -1.15. The van der Waals surface area contributed by atoms with Crippen molar-refractivity contribution in [2.75, 3.05) is 0 Å². The monoisotopic (exact) mass is 176 g/mol. The van der Waals surface area contributed by atoms with Crippen LogP contribution in [0, 0.1) is 0 Å². The van der Waals surface area contributed by atoms with Gasteiger partial charge < -0.3 is 4.74 Å². The third kappa shape index (κ3) is 1.95. The van der Waals surface area contributed by atoms with Crippen LogP contribution in [0.1, 0.15) is 12.5 Å². The van der Waals surface area contributed by atoms with E-state index in [0.29, 0.717) is 0 Å². The van der Waals surface area contributed by atoms with E-state index < -0.39 is 0 Å². The third-order valence-electron chi connectivity index (χ3n) is 2.26. The van der Waals surface area contributed by atoms with Crippen molar-refractivity contribution in [3.63, 3.8) is 0 Å². The van der Waals surface area contributed by atoms with Crippen LogP contribution in [0.2, 0.25) is 0 Å². The minimum atomic E-state index is -0.139. The summed E-state index contributed by atoms with van der Waals surface area (Å²) in [5.41, 5.74) is 1.23. The molecule has 2 nitrogen and oxygen atoms in total. The van der Waals surface area contributed by atoms with Crippen molar-refractivity contribution >= 4 is 5.78 Å². The number of ketones is 1. The van der Waals surface area contributed by atoms with Gasteiger partial charge in [-0.3, -0.25) is 4.79 Å². The molecule has 0 aliphatic carbocycles. The van der Waals surface area contributed by atoms with Gasteiger partial charge in [0.05, 0.1) is 6.10 Å². The largest absolute Gasteiger partial charge is 0.361 e. The Bertz CT molecular complexity index is 305. The maximum absolute atomic E-state index is 10.9. The Morgan fingerprint density at radius 1 is 1.38 bits per heavy atom. The molecule has 0 spiro atoms. The number of Topliss-reactive ketones (excluding diaryl/α,β-unsaturated/α-hetero) is 1. The molecule has 2 unspecified atom stereocenters. The Balaban J connectivity index is 1.92. The molecule has 1 aromatic carbocycles. The fraction of sp³-hybridized carbons (Fsp3) is 0.364. The Kier molecular flexibility index (Phi) is 2.15. The molecule has 1 saturated heterocycles. The van der Waals surface area contributed by atoms with E-state index in [-0.39, 0.29) is 18.0 Å². The molecule has 0 radical (unpaired) electrons. The second-order valence-electron chi connectivity index (χ2n) is 3.40. The Morgan fingerprint density at radius 3 is 2.62 bits per heavy atom. The second kappa shape index (κ2) is 3.30. The molecule has 0 saturated carbocycles. The molecule has 0 bridgehead atoms. The van der Waals surface area contributed by atoms with Crippen LogP contribution in [0.25, 0.3) is 0 Å². The van der Waals surface area contributed by atoms with Crippen molar-refractivity contribution in [2.45, 2.75) is 25.6 Å². The second-order valence-corrected chi connectivity index (χ2v) is 3.40. The van der Waals surface area contributed by atoms with Gasteiger partial charge in [0.1, 0.15) is 6.10 Å². The average molecular weight is 176 g/mol. The number of hydrogen-bond acceptors (Lipinski definition) is 2. The summed E-state index contributed by atoms with van der Waals surface area (Å²) in [5.74, 6) is 0.140. The van der Waals surface area contributed by atoms with E-state index in [1.54, 1.807) is 6.92 Å². The number of benzene rings is 1. The number of hydrogen-bond donors (Lipinski definition) is 0. The van der Waals surface area contributed by atoms with E-state index >= 15 is 0 Å². The van der Waals surface area contributed by atoms with E-state index in [1.807, 2.05) is 18.2 Å². The van der Waals surface area contributed by atoms with Crippen LogP contribution in [0.5, 0.6) is 0 Å². The van der Waals surface area contributed by atoms with Crippen LogP contribution >= 0.6 is 0 Å². The van der Waals surface area contributed by atoms with Crippen LogP contribution in [0.4, 0.5) is 0 Å². The van der Waals surface area contributed by atoms with Crippen LogP contribution in [0.3, 0.4) is 0 Å². The van der Waals surface area contributed by atoms with Gasteiger partial charge in [-0.2, -0.15) is 0 Å². The Morgan fingerprint density at radius 2 is 2.08 bits per heavy atom. The highest BCUT2D eigenvalue weighted by atomic mass is 16.6. The zero-order chi connectivity index (χ0) is 9.26. The van der Waals surface area contributed by atoms with E-state index in [1.165, 1.54) is 5.56 Å². The van der Waals surface area contributed by atoms with Gasteiger partial charge in [-0.1, -0.05) is 30.3 Å². The topological polar surface area (TPSA) is 29.6 Å². The molecule has 0 aromatic heterocycles. The standard InChI is InChI=1S/C11H12O2/c1-8(12)11-10(13-11)7-9-5-3-2-4-6-9/h2-6,10-11H,7H2,1H3. The fourth-order valence-corrected chi connectivity index (χ4v) is 1.50. The number of epoxide rings is 1. The van der Waals surface area contributed by atoms with E-state index in [2.05, 4.69) is 12.1 Å². The number of rotatable bonds is 3. The van der Waals surface area contributed by atoms with Crippen LogP contribution in [0.15, 0.2) is 30.3 Å². The van der Waals surface area contributed by atoms with Gasteiger partial charge in [0.25, 0.3) is 0 Å². The van der Waals surface area contributed by atoms with Gasteiger partial charge in [0, 0.05) is 6.42 Å². The van der Waals surface area contributed by atoms with Gasteiger partial charge in [0.2, 0.25) is 0 Å². The highest BCUT2D eigenvalue weighted by molar-refractivity contribution is 5.83. The normalized spacial score (nSPS) is 25.6. The molecule has 13 heavy (non-hydrogen) atoms. The van der Waals surface area contributed by atoms with Crippen LogP contribution in [-0.2, 0) is 16.0 Å². The molecule has 1 aromatic rings. The van der Waals surface area contributed by atoms with Crippen molar-refractivity contribution < 1.29 is 9.53 Å². The zero-order valence-corrected chi connectivity index (χ0v) is 7.57. The molecule has 1 heterocycles. The first-order chi connectivity index (χ1) is 6.27. The maximum Gasteiger partial charge on any atom is 0.161 e.